The van der Waals surface area contributed by atoms with E-state index in [2.05, 4.69) is 45.9 Å². The summed E-state index contributed by atoms with van der Waals surface area (Å²) in [7, 11) is 0. The zero-order chi connectivity index (χ0) is 17.3. The molecule has 2 aromatic rings. The molecule has 132 valence electrons. The fourth-order valence-electron chi connectivity index (χ4n) is 3.29. The first-order valence-corrected chi connectivity index (χ1v) is 9.11. The quantitative estimate of drug-likeness (QED) is 0.816. The minimum atomic E-state index is -0.0772. The number of hydrogen-bond donors (Lipinski definition) is 2. The first-order chi connectivity index (χ1) is 12.3. The maximum atomic E-state index is 11.9. The van der Waals surface area contributed by atoms with Crippen LogP contribution in [-0.2, 0) is 13.0 Å². The van der Waals surface area contributed by atoms with Gasteiger partial charge in [-0.3, -0.25) is 0 Å². The largest absolute Gasteiger partial charge is 0.338 e. The lowest BCUT2D eigenvalue weighted by Crippen LogP contribution is -2.38. The molecule has 4 heteroatoms. The van der Waals surface area contributed by atoms with Crippen molar-refractivity contribution in [2.24, 2.45) is 5.92 Å². The molecule has 25 heavy (non-hydrogen) atoms. The average molecular weight is 337 g/mol. The Labute approximate surface area is 150 Å². The Morgan fingerprint density at radius 3 is 2.36 bits per heavy atom. The Morgan fingerprint density at radius 1 is 0.960 bits per heavy atom. The lowest BCUT2D eigenvalue weighted by atomic mass is 10.1. The van der Waals surface area contributed by atoms with E-state index in [1.54, 1.807) is 0 Å². The molecule has 2 aromatic carbocycles. The molecule has 0 saturated carbocycles. The van der Waals surface area contributed by atoms with Gasteiger partial charge in [-0.25, -0.2) is 4.79 Å². The number of hydrogen-bond acceptors (Lipinski definition) is 2. The number of nitrogens with zero attached hydrogens (tertiary/aromatic N) is 1. The summed E-state index contributed by atoms with van der Waals surface area (Å²) in [5.74, 6) is 0.554. The zero-order valence-corrected chi connectivity index (χ0v) is 14.7. The van der Waals surface area contributed by atoms with E-state index in [4.69, 9.17) is 0 Å². The number of carbonyl (C=O) groups excluding carboxylic acids is 1. The lowest BCUT2D eigenvalue weighted by Gasteiger charge is -2.16. The molecule has 1 atom stereocenters. The molecule has 1 aliphatic rings. The van der Waals surface area contributed by atoms with E-state index in [-0.39, 0.29) is 6.03 Å². The lowest BCUT2D eigenvalue weighted by molar-refractivity contribution is 0.238. The molecule has 1 aliphatic heterocycles. The maximum Gasteiger partial charge on any atom is 0.315 e. The second kappa shape index (κ2) is 9.23. The van der Waals surface area contributed by atoms with E-state index in [0.29, 0.717) is 12.5 Å². The Kier molecular flexibility index (Phi) is 6.46. The molecule has 3 rings (SSSR count). The third-order valence-corrected chi connectivity index (χ3v) is 4.78. The molecule has 0 spiro atoms. The van der Waals surface area contributed by atoms with E-state index < -0.39 is 0 Å². The molecule has 2 amide bonds. The van der Waals surface area contributed by atoms with Crippen LogP contribution in [0.5, 0.6) is 0 Å². The molecule has 1 heterocycles. The topological polar surface area (TPSA) is 44.4 Å². The standard InChI is InChI=1S/C21H27N3O/c25-21(22-15-19-9-5-2-6-10-19)23-16-20-12-14-24(17-20)13-11-18-7-3-1-4-8-18/h1-10,20H,11-17H2,(H2,22,23,25). The van der Waals surface area contributed by atoms with Crippen LogP contribution in [0.3, 0.4) is 0 Å². The number of rotatable bonds is 7. The fourth-order valence-corrected chi connectivity index (χ4v) is 3.29. The van der Waals surface area contributed by atoms with Crippen molar-refractivity contribution in [2.75, 3.05) is 26.2 Å². The van der Waals surface area contributed by atoms with Gasteiger partial charge < -0.3 is 15.5 Å². The van der Waals surface area contributed by atoms with Gasteiger partial charge in [0.1, 0.15) is 0 Å². The van der Waals surface area contributed by atoms with Gasteiger partial charge in [-0.1, -0.05) is 60.7 Å². The van der Waals surface area contributed by atoms with E-state index in [1.807, 2.05) is 30.3 Å². The van der Waals surface area contributed by atoms with Crippen LogP contribution in [0.2, 0.25) is 0 Å². The summed E-state index contributed by atoms with van der Waals surface area (Å²) in [6.45, 7) is 4.63. The molecular weight excluding hydrogens is 310 g/mol. The van der Waals surface area contributed by atoms with Gasteiger partial charge in [0.05, 0.1) is 0 Å². The van der Waals surface area contributed by atoms with Crippen molar-refractivity contribution in [3.8, 4) is 0 Å². The van der Waals surface area contributed by atoms with Crippen LogP contribution in [0.4, 0.5) is 4.79 Å². The zero-order valence-electron chi connectivity index (χ0n) is 14.7. The number of benzene rings is 2. The van der Waals surface area contributed by atoms with Crippen LogP contribution in [-0.4, -0.2) is 37.1 Å². The number of amides is 2. The van der Waals surface area contributed by atoms with Gasteiger partial charge in [-0.2, -0.15) is 0 Å². The van der Waals surface area contributed by atoms with E-state index >= 15 is 0 Å². The molecule has 1 saturated heterocycles. The third-order valence-electron chi connectivity index (χ3n) is 4.78. The number of urea groups is 1. The van der Waals surface area contributed by atoms with Gasteiger partial charge in [0.2, 0.25) is 0 Å². The Hall–Kier alpha value is -2.33. The number of nitrogens with one attached hydrogen (secondary N) is 2. The first-order valence-electron chi connectivity index (χ1n) is 9.11. The molecule has 4 nitrogen and oxygen atoms in total. The van der Waals surface area contributed by atoms with Crippen LogP contribution in [0, 0.1) is 5.92 Å². The minimum Gasteiger partial charge on any atom is -0.338 e. The molecule has 0 bridgehead atoms. The Morgan fingerprint density at radius 2 is 1.64 bits per heavy atom. The molecule has 1 fully saturated rings. The van der Waals surface area contributed by atoms with Gasteiger partial charge in [-0.15, -0.1) is 0 Å². The first kappa shape index (κ1) is 17.5. The van der Waals surface area contributed by atoms with E-state index in [9.17, 15) is 4.79 Å². The van der Waals surface area contributed by atoms with Crippen LogP contribution >= 0.6 is 0 Å². The second-order valence-corrected chi connectivity index (χ2v) is 6.74. The number of likely N-dealkylation sites (tertiary alicyclic amines) is 1. The summed E-state index contributed by atoms with van der Waals surface area (Å²) in [6.07, 6.45) is 2.26. The normalized spacial score (nSPS) is 17.4. The highest BCUT2D eigenvalue weighted by Crippen LogP contribution is 2.16. The Bertz CT molecular complexity index is 645. The third kappa shape index (κ3) is 5.91. The summed E-state index contributed by atoms with van der Waals surface area (Å²) < 4.78 is 0. The van der Waals surface area contributed by atoms with Crippen molar-refractivity contribution in [1.29, 1.82) is 0 Å². The van der Waals surface area contributed by atoms with Crippen molar-refractivity contribution < 1.29 is 4.79 Å². The molecule has 1 unspecified atom stereocenters. The van der Waals surface area contributed by atoms with Crippen molar-refractivity contribution in [3.05, 3.63) is 71.8 Å². The predicted octanol–water partition coefficient (Wildman–Crippen LogP) is 3.05. The van der Waals surface area contributed by atoms with E-state index in [0.717, 1.165) is 44.6 Å². The molecular formula is C21H27N3O. The summed E-state index contributed by atoms with van der Waals surface area (Å²) >= 11 is 0. The maximum absolute atomic E-state index is 11.9. The summed E-state index contributed by atoms with van der Waals surface area (Å²) in [6, 6.07) is 20.5. The monoisotopic (exact) mass is 337 g/mol. The van der Waals surface area contributed by atoms with Crippen LogP contribution in [0.25, 0.3) is 0 Å². The second-order valence-electron chi connectivity index (χ2n) is 6.74. The predicted molar refractivity (Wildman–Crippen MR) is 101 cm³/mol. The van der Waals surface area contributed by atoms with Gasteiger partial charge in [0.15, 0.2) is 0 Å². The average Bonchev–Trinajstić information content (AvgIpc) is 3.13. The van der Waals surface area contributed by atoms with Gasteiger partial charge in [-0.05, 0) is 36.4 Å². The Balaban J connectivity index is 1.31. The minimum absolute atomic E-state index is 0.0772. The van der Waals surface area contributed by atoms with Crippen molar-refractivity contribution in [2.45, 2.75) is 19.4 Å². The van der Waals surface area contributed by atoms with Gasteiger partial charge in [0, 0.05) is 26.2 Å². The molecule has 0 radical (unpaired) electrons. The molecule has 2 N–H and O–H groups in total. The van der Waals surface area contributed by atoms with E-state index in [1.165, 1.54) is 5.56 Å². The number of carbonyl (C=O) groups is 1. The summed E-state index contributed by atoms with van der Waals surface area (Å²) in [5.41, 5.74) is 2.51. The molecule has 0 aliphatic carbocycles. The fraction of sp³-hybridized carbons (Fsp3) is 0.381. The SMILES string of the molecule is O=C(NCc1ccccc1)NCC1CCN(CCc2ccccc2)C1. The van der Waals surface area contributed by atoms with Crippen LogP contribution in [0.15, 0.2) is 60.7 Å². The van der Waals surface area contributed by atoms with Gasteiger partial charge >= 0.3 is 6.03 Å². The van der Waals surface area contributed by atoms with Crippen molar-refractivity contribution in [1.82, 2.24) is 15.5 Å². The smallest absolute Gasteiger partial charge is 0.315 e. The van der Waals surface area contributed by atoms with Gasteiger partial charge in [0.25, 0.3) is 0 Å². The summed E-state index contributed by atoms with van der Waals surface area (Å²) in [5, 5.41) is 5.93. The van der Waals surface area contributed by atoms with Crippen LogP contribution in [0.1, 0.15) is 17.5 Å². The highest BCUT2D eigenvalue weighted by atomic mass is 16.2. The van der Waals surface area contributed by atoms with Crippen molar-refractivity contribution >= 4 is 6.03 Å². The highest BCUT2D eigenvalue weighted by molar-refractivity contribution is 5.73. The summed E-state index contributed by atoms with van der Waals surface area (Å²) in [4.78, 5) is 14.4. The van der Waals surface area contributed by atoms with Crippen LogP contribution < -0.4 is 10.6 Å². The van der Waals surface area contributed by atoms with Crippen molar-refractivity contribution in [3.63, 3.8) is 0 Å². The molecule has 0 aromatic heterocycles. The highest BCUT2D eigenvalue weighted by Gasteiger charge is 2.22.